The zero-order chi connectivity index (χ0) is 41.5. The SMILES string of the molecule is NCC=Cc1cn([C@H]2O[C@@H](COP(=O)(O)OP(=O)(O)OP(=O)(O)OP(=O)(O)OC[C@@H]3O[C@H](n4cnc5c(=O)[nH]c(N)nc54)C(O)C3O)[C@@H](O)C2O)c(=O)[nH]c1=O. The number of aromatic amines is 2. The summed E-state index contributed by atoms with van der Waals surface area (Å²) in [4.78, 5) is 87.8. The van der Waals surface area contributed by atoms with E-state index in [1.54, 1.807) is 0 Å². The first-order valence-electron chi connectivity index (χ1n) is 15.1. The number of aromatic nitrogens is 6. The number of hydrogen-bond donors (Lipinski definition) is 12. The lowest BCUT2D eigenvalue weighted by atomic mass is 10.1. The Morgan fingerprint density at radius 3 is 1.79 bits per heavy atom. The van der Waals surface area contributed by atoms with Crippen molar-refractivity contribution in [3.8, 4) is 0 Å². The van der Waals surface area contributed by atoms with Gasteiger partial charge >= 0.3 is 37.0 Å². The van der Waals surface area contributed by atoms with Crippen LogP contribution in [-0.2, 0) is 49.7 Å². The van der Waals surface area contributed by atoms with Crippen LogP contribution in [0.1, 0.15) is 18.0 Å². The molecule has 0 aromatic carbocycles. The summed E-state index contributed by atoms with van der Waals surface area (Å²) < 4.78 is 82.3. The van der Waals surface area contributed by atoms with Gasteiger partial charge < -0.3 is 60.9 Å². The Labute approximate surface area is 308 Å². The minimum Gasteiger partial charge on any atom is -0.387 e. The third-order valence-electron chi connectivity index (χ3n) is 7.53. The van der Waals surface area contributed by atoms with Gasteiger partial charge in [0.25, 0.3) is 11.1 Å². The molecule has 0 bridgehead atoms. The predicted octanol–water partition coefficient (Wildman–Crippen LogP) is -4.05. The fourth-order valence-corrected chi connectivity index (χ4v) is 10.1. The molecule has 2 aliphatic heterocycles. The highest BCUT2D eigenvalue weighted by Crippen LogP contribution is 2.71. The van der Waals surface area contributed by atoms with Gasteiger partial charge in [0, 0.05) is 12.7 Å². The number of nitrogens with two attached hydrogens (primary N) is 2. The van der Waals surface area contributed by atoms with Crippen LogP contribution < -0.4 is 28.3 Å². The van der Waals surface area contributed by atoms with E-state index in [4.69, 9.17) is 20.9 Å². The predicted molar refractivity (Wildman–Crippen MR) is 178 cm³/mol. The number of fused-ring (bicyclic) bond motifs is 1. The summed E-state index contributed by atoms with van der Waals surface area (Å²) in [7, 11) is -24.3. The molecule has 3 aromatic rings. The smallest absolute Gasteiger partial charge is 0.387 e. The molecule has 56 heavy (non-hydrogen) atoms. The van der Waals surface area contributed by atoms with Crippen molar-refractivity contribution in [2.45, 2.75) is 49.1 Å². The molecule has 312 valence electrons. The molecule has 14 N–H and O–H groups in total. The van der Waals surface area contributed by atoms with Gasteiger partial charge in [-0.05, 0) is 0 Å². The first-order valence-corrected chi connectivity index (χ1v) is 21.1. The van der Waals surface area contributed by atoms with Crippen LogP contribution in [-0.4, -0.2) is 125 Å². The summed E-state index contributed by atoms with van der Waals surface area (Å²) in [5.41, 5.74) is 7.59. The molecule has 34 heteroatoms. The Balaban J connectivity index is 1.15. The van der Waals surface area contributed by atoms with Crippen molar-refractivity contribution in [1.82, 2.24) is 29.1 Å². The lowest BCUT2D eigenvalue weighted by Gasteiger charge is -2.21. The molecule has 12 atom stereocenters. The number of aliphatic hydroxyl groups excluding tert-OH is 4. The lowest BCUT2D eigenvalue weighted by molar-refractivity contribution is -0.0542. The number of nitrogen functional groups attached to an aromatic ring is 1. The molecule has 7 unspecified atom stereocenters. The Morgan fingerprint density at radius 2 is 1.27 bits per heavy atom. The molecule has 0 saturated carbocycles. The normalized spacial score (nSPS) is 29.9. The van der Waals surface area contributed by atoms with Gasteiger partial charge in [-0.25, -0.2) is 28.0 Å². The van der Waals surface area contributed by atoms with Gasteiger partial charge in [-0.15, -0.1) is 0 Å². The molecular formula is C22H32N8O22P4. The highest BCUT2D eigenvalue weighted by Gasteiger charge is 2.50. The lowest BCUT2D eigenvalue weighted by Crippen LogP contribution is -2.38. The Hall–Kier alpha value is -3.15. The van der Waals surface area contributed by atoms with E-state index in [0.29, 0.717) is 4.57 Å². The van der Waals surface area contributed by atoms with Crippen LogP contribution >= 0.6 is 31.3 Å². The Kier molecular flexibility index (Phi) is 13.0. The van der Waals surface area contributed by atoms with Crippen LogP contribution in [0.5, 0.6) is 0 Å². The van der Waals surface area contributed by atoms with E-state index in [9.17, 15) is 72.6 Å². The molecule has 0 radical (unpaired) electrons. The quantitative estimate of drug-likeness (QED) is 0.0609. The number of anilines is 1. The Bertz CT molecular complexity index is 2350. The van der Waals surface area contributed by atoms with Crippen molar-refractivity contribution in [3.05, 3.63) is 55.4 Å². The second kappa shape index (κ2) is 16.6. The molecule has 0 spiro atoms. The van der Waals surface area contributed by atoms with Crippen LogP contribution in [0.2, 0.25) is 0 Å². The molecular weight excluding hydrogens is 852 g/mol. The number of rotatable bonds is 16. The monoisotopic (exact) mass is 884 g/mol. The van der Waals surface area contributed by atoms with Gasteiger partial charge in [0.05, 0.1) is 25.1 Å². The molecule has 2 aliphatic rings. The molecule has 0 aliphatic carbocycles. The zero-order valence-corrected chi connectivity index (χ0v) is 31.2. The summed E-state index contributed by atoms with van der Waals surface area (Å²) in [5.74, 6) is -0.345. The van der Waals surface area contributed by atoms with Crippen molar-refractivity contribution in [2.24, 2.45) is 5.73 Å². The number of nitrogens with zero attached hydrogens (tertiary/aromatic N) is 4. The number of nitrogens with one attached hydrogen (secondary N) is 2. The van der Waals surface area contributed by atoms with E-state index in [1.165, 1.54) is 12.2 Å². The average Bonchev–Trinajstić information content (AvgIpc) is 3.70. The van der Waals surface area contributed by atoms with Crippen molar-refractivity contribution < 1.29 is 89.7 Å². The van der Waals surface area contributed by atoms with Crippen LogP contribution in [0.15, 0.2) is 33.0 Å². The number of hydrogen-bond acceptors (Lipinski definition) is 22. The average molecular weight is 884 g/mol. The first-order chi connectivity index (χ1) is 25.9. The summed E-state index contributed by atoms with van der Waals surface area (Å²) in [5, 5.41) is 41.7. The molecule has 2 saturated heterocycles. The topological polar surface area (TPSA) is 465 Å². The summed E-state index contributed by atoms with van der Waals surface area (Å²) >= 11 is 0. The number of imidazole rings is 1. The van der Waals surface area contributed by atoms with Crippen LogP contribution in [0.4, 0.5) is 5.95 Å². The van der Waals surface area contributed by atoms with Crippen LogP contribution in [0.3, 0.4) is 0 Å². The van der Waals surface area contributed by atoms with Gasteiger partial charge in [0.2, 0.25) is 5.95 Å². The maximum atomic E-state index is 12.4. The van der Waals surface area contributed by atoms with E-state index in [0.717, 1.165) is 17.1 Å². The van der Waals surface area contributed by atoms with E-state index >= 15 is 0 Å². The standard InChI is InChI=1S/C22H32N8O22P4/c23-3-1-2-8-4-29(22(37)28-17(8)35)19-14(33)12(31)9(48-19)5-46-53(38,39)50-55(42,43)52-56(44,45)51-54(40,41)47-6-10-13(32)15(34)20(49-10)30-7-25-11-16(30)26-21(24)27-18(11)36/h1-2,4,7,9-10,12-15,19-20,31-34H,3,5-6,23H2,(H,38,39)(H,40,41)(H,42,43)(H,44,45)(H,28,35,37)(H3,24,26,27,36)/t9-,10-,12+,13?,14?,15?,19-,20-/m0/s1. The zero-order valence-electron chi connectivity index (χ0n) is 27.6. The fourth-order valence-electron chi connectivity index (χ4n) is 5.13. The number of phosphoric acid groups is 4. The third kappa shape index (κ3) is 10.1. The maximum Gasteiger partial charge on any atom is 0.490 e. The van der Waals surface area contributed by atoms with Crippen molar-refractivity contribution in [3.63, 3.8) is 0 Å². The highest BCUT2D eigenvalue weighted by atomic mass is 31.3. The van der Waals surface area contributed by atoms with Crippen LogP contribution in [0.25, 0.3) is 17.2 Å². The number of phosphoric ester groups is 2. The van der Waals surface area contributed by atoms with E-state index in [1.807, 2.05) is 4.98 Å². The molecule has 2 fully saturated rings. The van der Waals surface area contributed by atoms with Gasteiger partial charge in [-0.1, -0.05) is 12.2 Å². The number of H-pyrrole nitrogens is 2. The highest BCUT2D eigenvalue weighted by molar-refractivity contribution is 7.69. The van der Waals surface area contributed by atoms with Gasteiger partial charge in [-0.3, -0.25) is 37.7 Å². The number of ether oxygens (including phenoxy) is 2. The van der Waals surface area contributed by atoms with Crippen molar-refractivity contribution >= 4 is 54.5 Å². The fraction of sp³-hybridized carbons (Fsp3) is 0.500. The second-order valence-electron chi connectivity index (χ2n) is 11.5. The minimum atomic E-state index is -6.27. The summed E-state index contributed by atoms with van der Waals surface area (Å²) in [6.45, 7) is -2.41. The van der Waals surface area contributed by atoms with Crippen molar-refractivity contribution in [2.75, 3.05) is 25.5 Å². The molecule has 0 amide bonds. The van der Waals surface area contributed by atoms with E-state index in [-0.39, 0.29) is 29.2 Å². The summed E-state index contributed by atoms with van der Waals surface area (Å²) in [6, 6.07) is 0. The maximum absolute atomic E-state index is 12.4. The largest absolute Gasteiger partial charge is 0.490 e. The minimum absolute atomic E-state index is 0.0118. The van der Waals surface area contributed by atoms with Gasteiger partial charge in [0.15, 0.2) is 23.6 Å². The first kappa shape index (κ1) is 44.0. The molecule has 5 rings (SSSR count). The molecule has 30 nitrogen and oxygen atoms in total. The van der Waals surface area contributed by atoms with E-state index < -0.39 is 110 Å². The molecule has 3 aromatic heterocycles. The second-order valence-corrected chi connectivity index (χ2v) is 17.7. The Morgan fingerprint density at radius 1 is 0.768 bits per heavy atom. The van der Waals surface area contributed by atoms with Gasteiger partial charge in [0.1, 0.15) is 36.6 Å². The molecule has 5 heterocycles. The van der Waals surface area contributed by atoms with E-state index in [2.05, 4.69) is 36.9 Å². The number of aliphatic hydroxyl groups is 4. The summed E-state index contributed by atoms with van der Waals surface area (Å²) in [6.07, 6.45) is -9.87. The van der Waals surface area contributed by atoms with Gasteiger partial charge in [-0.2, -0.15) is 17.9 Å². The van der Waals surface area contributed by atoms with Crippen LogP contribution in [0, 0.1) is 0 Å². The van der Waals surface area contributed by atoms with Crippen molar-refractivity contribution in [1.29, 1.82) is 0 Å². The third-order valence-corrected chi connectivity index (χ3v) is 13.4.